The minimum Gasteiger partial charge on any atom is -0.549 e. The van der Waals surface area contributed by atoms with E-state index in [0.717, 1.165) is 11.1 Å². The van der Waals surface area contributed by atoms with Gasteiger partial charge in [-0.05, 0) is 22.3 Å². The molecule has 0 radical (unpaired) electrons. The molecule has 0 bridgehead atoms. The second kappa shape index (κ2) is 20.0. The minimum absolute atomic E-state index is 0. The van der Waals surface area contributed by atoms with Crippen LogP contribution in [0.1, 0.15) is 32.3 Å². The third kappa shape index (κ3) is 13.2. The van der Waals surface area contributed by atoms with Crippen LogP contribution < -0.4 is 34.7 Å². The van der Waals surface area contributed by atoms with Crippen LogP contribution in [0, 0.1) is 0 Å². The van der Waals surface area contributed by atoms with Gasteiger partial charge in [0.2, 0.25) is 0 Å². The van der Waals surface area contributed by atoms with Crippen LogP contribution in [0.25, 0.3) is 0 Å². The molecule has 0 heterocycles. The Balaban J connectivity index is 0.000000322. The van der Waals surface area contributed by atoms with E-state index < -0.39 is 11.9 Å². The van der Waals surface area contributed by atoms with Crippen molar-refractivity contribution in [1.29, 1.82) is 0 Å². The zero-order valence-electron chi connectivity index (χ0n) is 21.0. The third-order valence-electron chi connectivity index (χ3n) is 4.89. The van der Waals surface area contributed by atoms with Gasteiger partial charge in [0.25, 0.3) is 0 Å². The van der Waals surface area contributed by atoms with E-state index in [2.05, 4.69) is 77.1 Å². The SMILES string of the molecule is BrC(c1ccccc1)c1ccccc1.O=C(O)CSC(c1ccccc1)c1ccccc1.O=C([O-])CS.[Na+]. The average molecular weight is 620 g/mol. The second-order valence-corrected chi connectivity index (χ2v) is 9.95. The zero-order chi connectivity index (χ0) is 26.9. The third-order valence-corrected chi connectivity index (χ3v) is 7.50. The summed E-state index contributed by atoms with van der Waals surface area (Å²) in [6.07, 6.45) is 0. The van der Waals surface area contributed by atoms with Crippen LogP contribution in [-0.4, -0.2) is 28.6 Å². The number of hydrogen-bond acceptors (Lipinski definition) is 5. The number of halogens is 1. The van der Waals surface area contributed by atoms with Crippen molar-refractivity contribution in [3.63, 3.8) is 0 Å². The molecule has 0 spiro atoms. The van der Waals surface area contributed by atoms with Crippen LogP contribution in [0.5, 0.6) is 0 Å². The molecule has 4 rings (SSSR count). The fraction of sp³-hybridized carbons (Fsp3) is 0.133. The molecule has 4 aromatic rings. The van der Waals surface area contributed by atoms with E-state index in [1.807, 2.05) is 72.8 Å². The Bertz CT molecular complexity index is 1110. The number of thioether (sulfide) groups is 1. The van der Waals surface area contributed by atoms with Gasteiger partial charge in [-0.15, -0.1) is 11.8 Å². The summed E-state index contributed by atoms with van der Waals surface area (Å²) in [5.74, 6) is -2.00. The smallest absolute Gasteiger partial charge is 0.549 e. The van der Waals surface area contributed by atoms with E-state index in [0.29, 0.717) is 4.83 Å². The molecule has 192 valence electrons. The quantitative estimate of drug-likeness (QED) is 0.180. The molecule has 0 aliphatic heterocycles. The monoisotopic (exact) mass is 618 g/mol. The van der Waals surface area contributed by atoms with Crippen molar-refractivity contribution in [2.75, 3.05) is 11.5 Å². The molecular weight excluding hydrogens is 591 g/mol. The largest absolute Gasteiger partial charge is 1.00 e. The van der Waals surface area contributed by atoms with E-state index in [1.54, 1.807) is 0 Å². The Morgan fingerprint density at radius 3 is 1.26 bits per heavy atom. The van der Waals surface area contributed by atoms with Crippen LogP contribution in [-0.2, 0) is 9.59 Å². The van der Waals surface area contributed by atoms with Gasteiger partial charge < -0.3 is 15.0 Å². The number of benzene rings is 4. The van der Waals surface area contributed by atoms with Crippen molar-refractivity contribution in [3.05, 3.63) is 144 Å². The van der Waals surface area contributed by atoms with Gasteiger partial charge in [-0.1, -0.05) is 137 Å². The number of alkyl halides is 1. The maximum atomic E-state index is 10.7. The summed E-state index contributed by atoms with van der Waals surface area (Å²) >= 11 is 8.48. The second-order valence-electron chi connectivity index (χ2n) is 7.62. The van der Waals surface area contributed by atoms with Crippen molar-refractivity contribution >= 4 is 52.3 Å². The van der Waals surface area contributed by atoms with Gasteiger partial charge in [0.15, 0.2) is 0 Å². The summed E-state index contributed by atoms with van der Waals surface area (Å²) in [4.78, 5) is 20.2. The first-order valence-electron chi connectivity index (χ1n) is 11.4. The van der Waals surface area contributed by atoms with Crippen molar-refractivity contribution in [1.82, 2.24) is 0 Å². The molecule has 0 saturated heterocycles. The number of hydrogen-bond donors (Lipinski definition) is 2. The summed E-state index contributed by atoms with van der Waals surface area (Å²) in [6.45, 7) is 0. The number of carbonyl (C=O) groups excluding carboxylic acids is 1. The molecule has 0 amide bonds. The van der Waals surface area contributed by atoms with Crippen molar-refractivity contribution in [3.8, 4) is 0 Å². The summed E-state index contributed by atoms with van der Waals surface area (Å²) < 4.78 is 0. The van der Waals surface area contributed by atoms with Gasteiger partial charge in [0, 0.05) is 5.75 Å². The topological polar surface area (TPSA) is 77.4 Å². The number of carboxylic acids is 2. The first-order chi connectivity index (χ1) is 17.9. The number of thiol groups is 1. The van der Waals surface area contributed by atoms with Crippen molar-refractivity contribution in [2.24, 2.45) is 0 Å². The molecule has 4 nitrogen and oxygen atoms in total. The predicted octanol–water partition coefficient (Wildman–Crippen LogP) is 3.43. The molecule has 0 aliphatic carbocycles. The molecule has 0 saturated carbocycles. The number of carboxylic acid groups (broad SMARTS) is 2. The molecule has 1 N–H and O–H groups in total. The van der Waals surface area contributed by atoms with E-state index in [1.165, 1.54) is 22.9 Å². The van der Waals surface area contributed by atoms with E-state index in [4.69, 9.17) is 5.11 Å². The Labute approximate surface area is 264 Å². The van der Waals surface area contributed by atoms with E-state index in [-0.39, 0.29) is 46.3 Å². The predicted molar refractivity (Wildman–Crippen MR) is 157 cm³/mol. The molecule has 0 aliphatic rings. The van der Waals surface area contributed by atoms with Crippen LogP contribution in [0.4, 0.5) is 0 Å². The normalized spacial score (nSPS) is 9.79. The Kier molecular flexibility index (Phi) is 17.9. The fourth-order valence-electron chi connectivity index (χ4n) is 3.23. The summed E-state index contributed by atoms with van der Waals surface area (Å²) in [7, 11) is 0. The molecule has 0 aromatic heterocycles. The van der Waals surface area contributed by atoms with E-state index >= 15 is 0 Å². The number of rotatable bonds is 8. The van der Waals surface area contributed by atoms with Crippen molar-refractivity contribution in [2.45, 2.75) is 10.1 Å². The fourth-order valence-corrected chi connectivity index (χ4v) is 4.85. The standard InChI is InChI=1S/C15H14O2S.C13H11Br.C2H4O2S.Na/c16-14(17)11-18-15(12-7-3-1-4-8-12)13-9-5-2-6-10-13;14-13(11-7-3-1-4-8-11)12-9-5-2-6-10-12;3-2(4)1-5;/h1-10,15H,11H2,(H,16,17);1-10,13H;5H,1H2,(H,3,4);/q;;;+1/p-1. The summed E-state index contributed by atoms with van der Waals surface area (Å²) in [5, 5.41) is 18.1. The van der Waals surface area contributed by atoms with Gasteiger partial charge in [-0.25, -0.2) is 0 Å². The number of aliphatic carboxylic acids is 2. The zero-order valence-corrected chi connectivity index (χ0v) is 26.3. The van der Waals surface area contributed by atoms with Crippen LogP contribution in [0.15, 0.2) is 121 Å². The van der Waals surface area contributed by atoms with Gasteiger partial charge in [0.1, 0.15) is 0 Å². The van der Waals surface area contributed by atoms with Gasteiger partial charge in [-0.3, -0.25) is 4.79 Å². The van der Waals surface area contributed by atoms with E-state index in [9.17, 15) is 14.7 Å². The maximum Gasteiger partial charge on any atom is 1.00 e. The van der Waals surface area contributed by atoms with Gasteiger partial charge in [0.05, 0.1) is 21.8 Å². The molecule has 4 aromatic carbocycles. The maximum absolute atomic E-state index is 10.7. The minimum atomic E-state index is -1.13. The Morgan fingerprint density at radius 2 is 1.00 bits per heavy atom. The molecule has 0 unspecified atom stereocenters. The molecule has 0 fully saturated rings. The van der Waals surface area contributed by atoms with Crippen LogP contribution in [0.2, 0.25) is 0 Å². The average Bonchev–Trinajstić information content (AvgIpc) is 2.95. The summed E-state index contributed by atoms with van der Waals surface area (Å²) in [6, 6.07) is 40.8. The summed E-state index contributed by atoms with van der Waals surface area (Å²) in [5.41, 5.74) is 4.85. The first-order valence-corrected chi connectivity index (χ1v) is 14.0. The Morgan fingerprint density at radius 1 is 0.711 bits per heavy atom. The molecule has 0 atom stereocenters. The molecular formula is C30H28BrNaO4S2. The van der Waals surface area contributed by atoms with Crippen LogP contribution in [0.3, 0.4) is 0 Å². The van der Waals surface area contributed by atoms with Gasteiger partial charge >= 0.3 is 35.5 Å². The van der Waals surface area contributed by atoms with Crippen LogP contribution >= 0.6 is 40.3 Å². The molecule has 38 heavy (non-hydrogen) atoms. The Hall–Kier alpha value is -2.00. The van der Waals surface area contributed by atoms with Crippen molar-refractivity contribution < 1.29 is 49.4 Å². The first kappa shape index (κ1) is 34.0. The number of carbonyl (C=O) groups is 2. The van der Waals surface area contributed by atoms with Gasteiger partial charge in [-0.2, -0.15) is 12.6 Å². The molecule has 8 heteroatoms.